The second-order valence-corrected chi connectivity index (χ2v) is 2.54. The van der Waals surface area contributed by atoms with Crippen molar-refractivity contribution in [1.29, 1.82) is 0 Å². The second-order valence-electron chi connectivity index (χ2n) is 1.95. The maximum absolute atomic E-state index is 10.7. The third kappa shape index (κ3) is 5.57. The Bertz CT molecular complexity index is 123. The molecule has 0 aromatic carbocycles. The van der Waals surface area contributed by atoms with E-state index >= 15 is 0 Å². The molecule has 0 fully saturated rings. The Morgan fingerprint density at radius 3 is 2.56 bits per heavy atom. The minimum atomic E-state index is 0.116. The summed E-state index contributed by atoms with van der Waals surface area (Å²) in [6, 6.07) is 0. The summed E-state index contributed by atoms with van der Waals surface area (Å²) in [7, 11) is 0. The molecule has 0 spiro atoms. The number of rotatable bonds is 3. The van der Waals surface area contributed by atoms with E-state index in [1.54, 1.807) is 6.92 Å². The van der Waals surface area contributed by atoms with Gasteiger partial charge in [0.1, 0.15) is 0 Å². The van der Waals surface area contributed by atoms with Crippen LogP contribution < -0.4 is 0 Å². The van der Waals surface area contributed by atoms with E-state index in [0.29, 0.717) is 11.5 Å². The van der Waals surface area contributed by atoms with Gasteiger partial charge in [-0.3, -0.25) is 4.79 Å². The van der Waals surface area contributed by atoms with Crippen molar-refractivity contribution in [1.82, 2.24) is 0 Å². The van der Waals surface area contributed by atoms with Gasteiger partial charge in [0, 0.05) is 11.5 Å². The van der Waals surface area contributed by atoms with Crippen LogP contribution in [0.15, 0.2) is 11.1 Å². The highest BCUT2D eigenvalue weighted by atomic mass is 35.5. The molecule has 0 aliphatic carbocycles. The standard InChI is InChI=1S/C7H11ClO/c1-3-4-7(9)5-6(2)8/h5H,3-4H2,1-2H3/b6-5+. The zero-order valence-electron chi connectivity index (χ0n) is 5.78. The Labute approximate surface area is 60.7 Å². The molecule has 0 radical (unpaired) electrons. The Balaban J connectivity index is 3.63. The lowest BCUT2D eigenvalue weighted by Crippen LogP contribution is -1.90. The lowest BCUT2D eigenvalue weighted by atomic mass is 10.2. The molecule has 0 amide bonds. The predicted molar refractivity (Wildman–Crippen MR) is 39.5 cm³/mol. The fourth-order valence-corrected chi connectivity index (χ4v) is 0.662. The largest absolute Gasteiger partial charge is 0.295 e. The Kier molecular flexibility index (Phi) is 4.41. The fraction of sp³-hybridized carbons (Fsp3) is 0.571. The molecule has 2 heteroatoms. The first-order valence-corrected chi connectivity index (χ1v) is 3.41. The highest BCUT2D eigenvalue weighted by Crippen LogP contribution is 2.00. The van der Waals surface area contributed by atoms with Crippen LogP contribution in [0.4, 0.5) is 0 Å². The Hall–Kier alpha value is -0.300. The van der Waals surface area contributed by atoms with Gasteiger partial charge in [0.2, 0.25) is 0 Å². The third-order valence-electron chi connectivity index (χ3n) is 0.856. The molecule has 0 aliphatic rings. The second kappa shape index (κ2) is 4.57. The predicted octanol–water partition coefficient (Wildman–Crippen LogP) is 2.50. The quantitative estimate of drug-likeness (QED) is 0.560. The minimum Gasteiger partial charge on any atom is -0.295 e. The summed E-state index contributed by atoms with van der Waals surface area (Å²) in [5.74, 6) is 0.116. The summed E-state index contributed by atoms with van der Waals surface area (Å²) in [6.07, 6.45) is 2.95. The first-order valence-electron chi connectivity index (χ1n) is 3.03. The molecule has 0 N–H and O–H groups in total. The fourth-order valence-electron chi connectivity index (χ4n) is 0.540. The van der Waals surface area contributed by atoms with E-state index in [0.717, 1.165) is 6.42 Å². The average Bonchev–Trinajstić information content (AvgIpc) is 1.63. The summed E-state index contributed by atoms with van der Waals surface area (Å²) in [5, 5.41) is 0.563. The van der Waals surface area contributed by atoms with Gasteiger partial charge in [0.05, 0.1) is 0 Å². The molecule has 0 aliphatic heterocycles. The van der Waals surface area contributed by atoms with Gasteiger partial charge in [0.25, 0.3) is 0 Å². The molecule has 0 bridgehead atoms. The molecule has 1 nitrogen and oxygen atoms in total. The maximum atomic E-state index is 10.7. The van der Waals surface area contributed by atoms with Crippen molar-refractivity contribution in [3.8, 4) is 0 Å². The van der Waals surface area contributed by atoms with Crippen LogP contribution in [0.25, 0.3) is 0 Å². The molecule has 0 saturated carbocycles. The van der Waals surface area contributed by atoms with E-state index in [9.17, 15) is 4.79 Å². The van der Waals surface area contributed by atoms with Crippen LogP contribution >= 0.6 is 11.6 Å². The Morgan fingerprint density at radius 1 is 1.67 bits per heavy atom. The number of hydrogen-bond donors (Lipinski definition) is 0. The maximum Gasteiger partial charge on any atom is 0.156 e. The molecule has 0 aromatic rings. The number of carbonyl (C=O) groups is 1. The summed E-state index contributed by atoms with van der Waals surface area (Å²) in [5.41, 5.74) is 0. The SMILES string of the molecule is CCCC(=O)/C=C(\C)Cl. The molecule has 9 heavy (non-hydrogen) atoms. The van der Waals surface area contributed by atoms with E-state index in [1.807, 2.05) is 6.92 Å². The van der Waals surface area contributed by atoms with Crippen LogP contribution in [-0.4, -0.2) is 5.78 Å². The number of hydrogen-bond acceptors (Lipinski definition) is 1. The van der Waals surface area contributed by atoms with Crippen molar-refractivity contribution in [3.63, 3.8) is 0 Å². The summed E-state index contributed by atoms with van der Waals surface area (Å²) in [4.78, 5) is 10.7. The average molecular weight is 147 g/mol. The molecule has 0 atom stereocenters. The van der Waals surface area contributed by atoms with Crippen molar-refractivity contribution in [2.75, 3.05) is 0 Å². The smallest absolute Gasteiger partial charge is 0.156 e. The van der Waals surface area contributed by atoms with Crippen LogP contribution in [0.3, 0.4) is 0 Å². The van der Waals surface area contributed by atoms with Gasteiger partial charge >= 0.3 is 0 Å². The Morgan fingerprint density at radius 2 is 2.22 bits per heavy atom. The summed E-state index contributed by atoms with van der Waals surface area (Å²) < 4.78 is 0. The van der Waals surface area contributed by atoms with Gasteiger partial charge in [0.15, 0.2) is 5.78 Å². The molecule has 52 valence electrons. The van der Waals surface area contributed by atoms with Crippen molar-refractivity contribution >= 4 is 17.4 Å². The van der Waals surface area contributed by atoms with Crippen molar-refractivity contribution < 1.29 is 4.79 Å². The van der Waals surface area contributed by atoms with Gasteiger partial charge in [-0.1, -0.05) is 18.5 Å². The monoisotopic (exact) mass is 146 g/mol. The molecule has 0 aromatic heterocycles. The van der Waals surface area contributed by atoms with E-state index in [1.165, 1.54) is 6.08 Å². The zero-order chi connectivity index (χ0) is 7.28. The highest BCUT2D eigenvalue weighted by molar-refractivity contribution is 6.30. The van der Waals surface area contributed by atoms with Crippen LogP contribution in [0.1, 0.15) is 26.7 Å². The third-order valence-corrected chi connectivity index (χ3v) is 0.965. The lowest BCUT2D eigenvalue weighted by molar-refractivity contribution is -0.114. The van der Waals surface area contributed by atoms with Crippen molar-refractivity contribution in [3.05, 3.63) is 11.1 Å². The van der Waals surface area contributed by atoms with Gasteiger partial charge in [-0.15, -0.1) is 0 Å². The molecular weight excluding hydrogens is 136 g/mol. The molecule has 0 saturated heterocycles. The number of allylic oxidation sites excluding steroid dienone is 2. The first kappa shape index (κ1) is 8.70. The lowest BCUT2D eigenvalue weighted by Gasteiger charge is -1.87. The number of halogens is 1. The number of carbonyl (C=O) groups excluding carboxylic acids is 1. The number of ketones is 1. The van der Waals surface area contributed by atoms with Crippen molar-refractivity contribution in [2.45, 2.75) is 26.7 Å². The van der Waals surface area contributed by atoms with Crippen LogP contribution in [0.2, 0.25) is 0 Å². The highest BCUT2D eigenvalue weighted by Gasteiger charge is 1.93. The van der Waals surface area contributed by atoms with Crippen LogP contribution in [-0.2, 0) is 4.79 Å². The van der Waals surface area contributed by atoms with E-state index in [4.69, 9.17) is 11.6 Å². The van der Waals surface area contributed by atoms with Gasteiger partial charge in [-0.05, 0) is 19.4 Å². The normalized spacial score (nSPS) is 11.7. The van der Waals surface area contributed by atoms with Gasteiger partial charge < -0.3 is 0 Å². The van der Waals surface area contributed by atoms with Crippen LogP contribution in [0, 0.1) is 0 Å². The van der Waals surface area contributed by atoms with Crippen molar-refractivity contribution in [2.24, 2.45) is 0 Å². The molecular formula is C7H11ClO. The van der Waals surface area contributed by atoms with E-state index < -0.39 is 0 Å². The zero-order valence-corrected chi connectivity index (χ0v) is 6.53. The van der Waals surface area contributed by atoms with Gasteiger partial charge in [-0.25, -0.2) is 0 Å². The minimum absolute atomic E-state index is 0.116. The van der Waals surface area contributed by atoms with Gasteiger partial charge in [-0.2, -0.15) is 0 Å². The molecule has 0 heterocycles. The first-order chi connectivity index (χ1) is 4.16. The topological polar surface area (TPSA) is 17.1 Å². The summed E-state index contributed by atoms with van der Waals surface area (Å²) >= 11 is 5.45. The molecule has 0 unspecified atom stereocenters. The molecule has 0 rings (SSSR count). The summed E-state index contributed by atoms with van der Waals surface area (Å²) in [6.45, 7) is 3.67. The van der Waals surface area contributed by atoms with E-state index in [-0.39, 0.29) is 5.78 Å². The van der Waals surface area contributed by atoms with E-state index in [2.05, 4.69) is 0 Å². The van der Waals surface area contributed by atoms with Crippen LogP contribution in [0.5, 0.6) is 0 Å².